The van der Waals surface area contributed by atoms with Gasteiger partial charge in [-0.05, 0) is 0 Å². The van der Waals surface area contributed by atoms with Gasteiger partial charge in [0.25, 0.3) is 5.92 Å². The first-order valence-corrected chi connectivity index (χ1v) is 3.57. The molecule has 1 aromatic rings. The molecule has 0 aliphatic heterocycles. The molecule has 0 amide bonds. The van der Waals surface area contributed by atoms with Gasteiger partial charge in [0.2, 0.25) is 0 Å². The summed E-state index contributed by atoms with van der Waals surface area (Å²) >= 11 is 0. The van der Waals surface area contributed by atoms with Crippen LogP contribution in [0.2, 0.25) is 0 Å². The van der Waals surface area contributed by atoms with Crippen molar-refractivity contribution < 1.29 is 13.9 Å². The van der Waals surface area contributed by atoms with Crippen molar-refractivity contribution in [3.05, 3.63) is 24.3 Å². The maximum absolute atomic E-state index is 12.8. The molecule has 0 aliphatic rings. The summed E-state index contributed by atoms with van der Waals surface area (Å²) in [6.45, 7) is -1.29. The second-order valence-electron chi connectivity index (χ2n) is 2.57. The lowest BCUT2D eigenvalue weighted by atomic mass is 10.1. The molecule has 0 spiro atoms. The molecule has 6 heteroatoms. The number of nitrogens with zero attached hydrogens (tertiary/aromatic N) is 2. The SMILES string of the molecule is NC(c1cncnc1)C(F)(F)CO. The molecule has 72 valence electrons. The summed E-state index contributed by atoms with van der Waals surface area (Å²) in [7, 11) is 0. The number of rotatable bonds is 3. The van der Waals surface area contributed by atoms with Gasteiger partial charge < -0.3 is 10.8 Å². The van der Waals surface area contributed by atoms with E-state index in [1.54, 1.807) is 0 Å². The highest BCUT2D eigenvalue weighted by molar-refractivity contribution is 5.12. The quantitative estimate of drug-likeness (QED) is 0.707. The summed E-state index contributed by atoms with van der Waals surface area (Å²) in [5, 5.41) is 8.35. The monoisotopic (exact) mass is 189 g/mol. The van der Waals surface area contributed by atoms with Crippen molar-refractivity contribution >= 4 is 0 Å². The number of aromatic nitrogens is 2. The second kappa shape index (κ2) is 3.71. The van der Waals surface area contributed by atoms with E-state index in [4.69, 9.17) is 10.8 Å². The van der Waals surface area contributed by atoms with Gasteiger partial charge in [-0.25, -0.2) is 18.7 Å². The number of alkyl halides is 2. The van der Waals surface area contributed by atoms with Crippen LogP contribution in [0.4, 0.5) is 8.78 Å². The Morgan fingerprint density at radius 3 is 2.46 bits per heavy atom. The van der Waals surface area contributed by atoms with Crippen LogP contribution in [0, 0.1) is 0 Å². The third kappa shape index (κ3) is 2.16. The van der Waals surface area contributed by atoms with Crippen LogP contribution in [0.3, 0.4) is 0 Å². The summed E-state index contributed by atoms with van der Waals surface area (Å²) in [4.78, 5) is 7.09. The maximum atomic E-state index is 12.8. The van der Waals surface area contributed by atoms with Gasteiger partial charge in [0.15, 0.2) is 0 Å². The Morgan fingerprint density at radius 2 is 2.00 bits per heavy atom. The zero-order valence-electron chi connectivity index (χ0n) is 6.69. The Morgan fingerprint density at radius 1 is 1.46 bits per heavy atom. The van der Waals surface area contributed by atoms with E-state index in [-0.39, 0.29) is 5.56 Å². The fourth-order valence-electron chi connectivity index (χ4n) is 0.813. The molecular formula is C7H9F2N3O. The van der Waals surface area contributed by atoms with E-state index in [2.05, 4.69) is 9.97 Å². The molecule has 1 rings (SSSR count). The molecule has 4 nitrogen and oxygen atoms in total. The van der Waals surface area contributed by atoms with Crippen LogP contribution >= 0.6 is 0 Å². The first-order chi connectivity index (χ1) is 6.08. The van der Waals surface area contributed by atoms with E-state index >= 15 is 0 Å². The first-order valence-electron chi connectivity index (χ1n) is 3.57. The van der Waals surface area contributed by atoms with Gasteiger partial charge >= 0.3 is 0 Å². The van der Waals surface area contributed by atoms with Crippen molar-refractivity contribution in [3.8, 4) is 0 Å². The lowest BCUT2D eigenvalue weighted by Gasteiger charge is -2.20. The fraction of sp³-hybridized carbons (Fsp3) is 0.429. The van der Waals surface area contributed by atoms with Crippen molar-refractivity contribution in [2.24, 2.45) is 5.73 Å². The van der Waals surface area contributed by atoms with Crippen LogP contribution in [0.15, 0.2) is 18.7 Å². The largest absolute Gasteiger partial charge is 0.390 e. The first kappa shape index (κ1) is 9.94. The minimum absolute atomic E-state index is 0.0987. The highest BCUT2D eigenvalue weighted by atomic mass is 19.3. The van der Waals surface area contributed by atoms with Gasteiger partial charge in [-0.15, -0.1) is 0 Å². The van der Waals surface area contributed by atoms with Crippen LogP contribution in [0.5, 0.6) is 0 Å². The van der Waals surface area contributed by atoms with Gasteiger partial charge in [0.05, 0.1) is 6.04 Å². The zero-order valence-corrected chi connectivity index (χ0v) is 6.69. The molecule has 0 aliphatic carbocycles. The van der Waals surface area contributed by atoms with Gasteiger partial charge in [0, 0.05) is 18.0 Å². The highest BCUT2D eigenvalue weighted by Crippen LogP contribution is 2.27. The number of halogens is 2. The number of nitrogens with two attached hydrogens (primary N) is 1. The zero-order chi connectivity index (χ0) is 9.90. The van der Waals surface area contributed by atoms with E-state index in [1.807, 2.05) is 0 Å². The van der Waals surface area contributed by atoms with Crippen molar-refractivity contribution in [2.45, 2.75) is 12.0 Å². The van der Waals surface area contributed by atoms with E-state index in [0.717, 1.165) is 0 Å². The molecule has 13 heavy (non-hydrogen) atoms. The van der Waals surface area contributed by atoms with Crippen LogP contribution in [-0.2, 0) is 0 Å². The van der Waals surface area contributed by atoms with Crippen LogP contribution in [0.1, 0.15) is 11.6 Å². The highest BCUT2D eigenvalue weighted by Gasteiger charge is 2.37. The smallest absolute Gasteiger partial charge is 0.289 e. The fourth-order valence-corrected chi connectivity index (χ4v) is 0.813. The van der Waals surface area contributed by atoms with Gasteiger partial charge in [-0.2, -0.15) is 0 Å². The lowest BCUT2D eigenvalue weighted by Crippen LogP contribution is -2.36. The number of hydrogen-bond acceptors (Lipinski definition) is 4. The van der Waals surface area contributed by atoms with Gasteiger partial charge in [0.1, 0.15) is 12.9 Å². The molecule has 0 aromatic carbocycles. The summed E-state index contributed by atoms with van der Waals surface area (Å²) in [6.07, 6.45) is 3.61. The van der Waals surface area contributed by atoms with E-state index in [0.29, 0.717) is 0 Å². The molecule has 1 aromatic heterocycles. The van der Waals surface area contributed by atoms with Gasteiger partial charge in [-0.1, -0.05) is 0 Å². The predicted molar refractivity (Wildman–Crippen MR) is 41.0 cm³/mol. The van der Waals surface area contributed by atoms with Crippen molar-refractivity contribution in [1.82, 2.24) is 9.97 Å². The maximum Gasteiger partial charge on any atom is 0.289 e. The summed E-state index contributed by atoms with van der Waals surface area (Å²) in [5.41, 5.74) is 5.29. The van der Waals surface area contributed by atoms with Crippen molar-refractivity contribution in [1.29, 1.82) is 0 Å². The molecule has 0 saturated heterocycles. The number of hydrogen-bond donors (Lipinski definition) is 2. The molecule has 1 heterocycles. The van der Waals surface area contributed by atoms with E-state index < -0.39 is 18.6 Å². The third-order valence-electron chi connectivity index (χ3n) is 1.61. The molecule has 3 N–H and O–H groups in total. The van der Waals surface area contributed by atoms with Crippen molar-refractivity contribution in [2.75, 3.05) is 6.61 Å². The number of aliphatic hydroxyl groups excluding tert-OH is 1. The van der Waals surface area contributed by atoms with Gasteiger partial charge in [-0.3, -0.25) is 0 Å². The predicted octanol–water partition coefficient (Wildman–Crippen LogP) is 0.104. The Hall–Kier alpha value is -1.14. The molecular weight excluding hydrogens is 180 g/mol. The summed E-state index contributed by atoms with van der Waals surface area (Å²) in [6, 6.07) is -1.57. The Labute approximate surface area is 73.4 Å². The third-order valence-corrected chi connectivity index (χ3v) is 1.61. The molecule has 0 radical (unpaired) electrons. The summed E-state index contributed by atoms with van der Waals surface area (Å²) < 4.78 is 25.6. The van der Waals surface area contributed by atoms with Crippen LogP contribution < -0.4 is 5.73 Å². The number of aliphatic hydroxyl groups is 1. The molecule has 1 unspecified atom stereocenters. The second-order valence-corrected chi connectivity index (χ2v) is 2.57. The average molecular weight is 189 g/mol. The van der Waals surface area contributed by atoms with Crippen LogP contribution in [0.25, 0.3) is 0 Å². The Bertz CT molecular complexity index is 268. The average Bonchev–Trinajstić information content (AvgIpc) is 2.18. The normalized spacial score (nSPS) is 14.2. The standard InChI is InChI=1S/C7H9F2N3O/c8-7(9,3-13)6(10)5-1-11-4-12-2-5/h1-2,4,6,13H,3,10H2. The van der Waals surface area contributed by atoms with E-state index in [9.17, 15) is 8.78 Å². The molecule has 0 bridgehead atoms. The van der Waals surface area contributed by atoms with Crippen molar-refractivity contribution in [3.63, 3.8) is 0 Å². The minimum Gasteiger partial charge on any atom is -0.390 e. The lowest BCUT2D eigenvalue weighted by molar-refractivity contribution is -0.0713. The van der Waals surface area contributed by atoms with Crippen LogP contribution in [-0.4, -0.2) is 27.6 Å². The molecule has 1 atom stereocenters. The Kier molecular flexibility index (Phi) is 2.84. The Balaban J connectivity index is 2.85. The topological polar surface area (TPSA) is 72.0 Å². The minimum atomic E-state index is -3.34. The molecule has 0 saturated carbocycles. The summed E-state index contributed by atoms with van der Waals surface area (Å²) in [5.74, 6) is -3.34. The molecule has 0 fully saturated rings. The van der Waals surface area contributed by atoms with E-state index in [1.165, 1.54) is 18.7 Å².